The van der Waals surface area contributed by atoms with Gasteiger partial charge in [-0.3, -0.25) is 0 Å². The van der Waals surface area contributed by atoms with E-state index in [2.05, 4.69) is 31.1 Å². The first-order chi connectivity index (χ1) is 8.55. The zero-order chi connectivity index (χ0) is 13.4. The average Bonchev–Trinajstić information content (AvgIpc) is 2.34. The highest BCUT2D eigenvalue weighted by molar-refractivity contribution is 6.17. The van der Waals surface area contributed by atoms with Crippen LogP contribution in [0.5, 0.6) is 0 Å². The fraction of sp³-hybridized carbons (Fsp3) is 1.00. The molecule has 0 saturated carbocycles. The lowest BCUT2D eigenvalue weighted by Gasteiger charge is -2.33. The number of likely N-dealkylation sites (tertiary alicyclic amines) is 1. The van der Waals surface area contributed by atoms with Gasteiger partial charge in [0, 0.05) is 18.5 Å². The summed E-state index contributed by atoms with van der Waals surface area (Å²) >= 11 is 5.76. The van der Waals surface area contributed by atoms with E-state index >= 15 is 0 Å². The van der Waals surface area contributed by atoms with Crippen molar-refractivity contribution in [3.05, 3.63) is 0 Å². The summed E-state index contributed by atoms with van der Waals surface area (Å²) in [4.78, 5) is 2.53. The summed E-state index contributed by atoms with van der Waals surface area (Å²) in [5.74, 6) is 0.788. The van der Waals surface area contributed by atoms with Crippen LogP contribution < -0.4 is 5.32 Å². The predicted octanol–water partition coefficient (Wildman–Crippen LogP) is 3.50. The standard InChI is InChI=1S/C15H31ClN2/c1-15(2,9-6-10-16)13-17-11-8-14-7-4-5-12-18(14)3/h14,17H,4-13H2,1-3H3. The number of hydrogen-bond acceptors (Lipinski definition) is 2. The summed E-state index contributed by atoms with van der Waals surface area (Å²) in [7, 11) is 2.27. The van der Waals surface area contributed by atoms with Gasteiger partial charge in [-0.1, -0.05) is 20.3 Å². The smallest absolute Gasteiger partial charge is 0.0223 e. The molecule has 1 aliphatic heterocycles. The highest BCUT2D eigenvalue weighted by Gasteiger charge is 2.19. The van der Waals surface area contributed by atoms with Gasteiger partial charge in [0.05, 0.1) is 0 Å². The van der Waals surface area contributed by atoms with Crippen molar-refractivity contribution in [3.8, 4) is 0 Å². The van der Waals surface area contributed by atoms with Gasteiger partial charge in [0.2, 0.25) is 0 Å². The molecule has 2 nitrogen and oxygen atoms in total. The molecule has 0 aliphatic carbocycles. The van der Waals surface area contributed by atoms with Gasteiger partial charge in [0.25, 0.3) is 0 Å². The fourth-order valence-electron chi connectivity index (χ4n) is 2.84. The maximum absolute atomic E-state index is 5.76. The second kappa shape index (κ2) is 8.39. The summed E-state index contributed by atoms with van der Waals surface area (Å²) in [5.41, 5.74) is 0.382. The van der Waals surface area contributed by atoms with Crippen molar-refractivity contribution in [2.45, 2.75) is 58.4 Å². The van der Waals surface area contributed by atoms with E-state index in [0.717, 1.165) is 31.4 Å². The SMILES string of the molecule is CN1CCCCC1CCNCC(C)(C)CCCCl. The first kappa shape index (κ1) is 16.3. The van der Waals surface area contributed by atoms with Crippen LogP contribution in [0, 0.1) is 5.41 Å². The van der Waals surface area contributed by atoms with Gasteiger partial charge in [-0.25, -0.2) is 0 Å². The Balaban J connectivity index is 2.10. The van der Waals surface area contributed by atoms with Crippen LogP contribution in [0.1, 0.15) is 52.4 Å². The molecule has 0 aromatic heterocycles. The van der Waals surface area contributed by atoms with Crippen LogP contribution in [0.15, 0.2) is 0 Å². The van der Waals surface area contributed by atoms with Gasteiger partial charge < -0.3 is 10.2 Å². The van der Waals surface area contributed by atoms with Gasteiger partial charge in [0.1, 0.15) is 0 Å². The van der Waals surface area contributed by atoms with Crippen LogP contribution in [0.2, 0.25) is 0 Å². The molecule has 1 rings (SSSR count). The molecule has 1 atom stereocenters. The van der Waals surface area contributed by atoms with E-state index in [-0.39, 0.29) is 0 Å². The monoisotopic (exact) mass is 274 g/mol. The number of rotatable bonds is 8. The summed E-state index contributed by atoms with van der Waals surface area (Å²) < 4.78 is 0. The second-order valence-corrected chi connectivity index (χ2v) is 6.93. The number of nitrogens with one attached hydrogen (secondary N) is 1. The van der Waals surface area contributed by atoms with E-state index in [1.165, 1.54) is 38.6 Å². The van der Waals surface area contributed by atoms with E-state index in [1.807, 2.05) is 0 Å². The zero-order valence-electron chi connectivity index (χ0n) is 12.5. The van der Waals surface area contributed by atoms with Crippen LogP contribution in [-0.2, 0) is 0 Å². The van der Waals surface area contributed by atoms with Gasteiger partial charge in [0.15, 0.2) is 0 Å². The van der Waals surface area contributed by atoms with Crippen molar-refractivity contribution in [3.63, 3.8) is 0 Å². The molecule has 18 heavy (non-hydrogen) atoms. The molecule has 108 valence electrons. The lowest BCUT2D eigenvalue weighted by atomic mass is 9.88. The normalized spacial score (nSPS) is 22.3. The molecular formula is C15H31ClN2. The third-order valence-electron chi connectivity index (χ3n) is 4.17. The quantitative estimate of drug-likeness (QED) is 0.538. The molecule has 1 N–H and O–H groups in total. The summed E-state index contributed by atoms with van der Waals surface area (Å²) in [6.07, 6.45) is 7.81. The molecule has 0 aromatic carbocycles. The Hall–Kier alpha value is 0.210. The Kier molecular flexibility index (Phi) is 7.59. The largest absolute Gasteiger partial charge is 0.316 e. The van der Waals surface area contributed by atoms with Crippen molar-refractivity contribution < 1.29 is 0 Å². The van der Waals surface area contributed by atoms with Gasteiger partial charge in [-0.2, -0.15) is 0 Å². The molecule has 1 unspecified atom stereocenters. The van der Waals surface area contributed by atoms with Crippen molar-refractivity contribution in [2.24, 2.45) is 5.41 Å². The maximum Gasteiger partial charge on any atom is 0.0223 e. The lowest BCUT2D eigenvalue weighted by Crippen LogP contribution is -2.39. The van der Waals surface area contributed by atoms with Crippen LogP contribution in [-0.4, -0.2) is 43.5 Å². The predicted molar refractivity (Wildman–Crippen MR) is 81.5 cm³/mol. The van der Waals surface area contributed by atoms with Crippen LogP contribution in [0.4, 0.5) is 0 Å². The minimum atomic E-state index is 0.382. The topological polar surface area (TPSA) is 15.3 Å². The Morgan fingerprint density at radius 1 is 1.33 bits per heavy atom. The molecule has 0 radical (unpaired) electrons. The molecule has 0 amide bonds. The molecule has 1 saturated heterocycles. The Labute approximate surface area is 118 Å². The molecule has 1 heterocycles. The Bertz CT molecular complexity index is 219. The van der Waals surface area contributed by atoms with E-state index in [9.17, 15) is 0 Å². The molecular weight excluding hydrogens is 244 g/mol. The molecule has 0 aromatic rings. The highest BCUT2D eigenvalue weighted by Crippen LogP contribution is 2.21. The van der Waals surface area contributed by atoms with E-state index < -0.39 is 0 Å². The number of nitrogens with zero attached hydrogens (tertiary/aromatic N) is 1. The number of alkyl halides is 1. The van der Waals surface area contributed by atoms with Crippen molar-refractivity contribution >= 4 is 11.6 Å². The maximum atomic E-state index is 5.76. The van der Waals surface area contributed by atoms with Gasteiger partial charge in [-0.05, 0) is 57.7 Å². The number of piperidine rings is 1. The number of hydrogen-bond donors (Lipinski definition) is 1. The highest BCUT2D eigenvalue weighted by atomic mass is 35.5. The fourth-order valence-corrected chi connectivity index (χ4v) is 2.97. The minimum Gasteiger partial charge on any atom is -0.316 e. The average molecular weight is 275 g/mol. The van der Waals surface area contributed by atoms with E-state index in [4.69, 9.17) is 11.6 Å². The minimum absolute atomic E-state index is 0.382. The van der Waals surface area contributed by atoms with Crippen LogP contribution in [0.3, 0.4) is 0 Å². The van der Waals surface area contributed by atoms with Crippen molar-refractivity contribution in [1.29, 1.82) is 0 Å². The second-order valence-electron chi connectivity index (χ2n) is 6.55. The molecule has 0 spiro atoms. The zero-order valence-corrected chi connectivity index (χ0v) is 13.2. The molecule has 1 aliphatic rings. The van der Waals surface area contributed by atoms with Crippen molar-refractivity contribution in [2.75, 3.05) is 32.6 Å². The summed E-state index contributed by atoms with van der Waals surface area (Å²) in [6.45, 7) is 8.21. The van der Waals surface area contributed by atoms with Crippen LogP contribution in [0.25, 0.3) is 0 Å². The third kappa shape index (κ3) is 6.40. The molecule has 1 fully saturated rings. The van der Waals surface area contributed by atoms with E-state index in [0.29, 0.717) is 5.41 Å². The molecule has 0 bridgehead atoms. The molecule has 3 heteroatoms. The lowest BCUT2D eigenvalue weighted by molar-refractivity contribution is 0.173. The third-order valence-corrected chi connectivity index (χ3v) is 4.43. The first-order valence-corrected chi connectivity index (χ1v) is 8.05. The Morgan fingerprint density at radius 2 is 2.11 bits per heavy atom. The van der Waals surface area contributed by atoms with Gasteiger partial charge in [-0.15, -0.1) is 11.6 Å². The summed E-state index contributed by atoms with van der Waals surface area (Å²) in [5, 5.41) is 3.63. The summed E-state index contributed by atoms with van der Waals surface area (Å²) in [6, 6.07) is 0.803. The Morgan fingerprint density at radius 3 is 2.78 bits per heavy atom. The number of halogens is 1. The van der Waals surface area contributed by atoms with Crippen molar-refractivity contribution in [1.82, 2.24) is 10.2 Å². The van der Waals surface area contributed by atoms with Gasteiger partial charge >= 0.3 is 0 Å². The van der Waals surface area contributed by atoms with E-state index in [1.54, 1.807) is 0 Å². The first-order valence-electron chi connectivity index (χ1n) is 7.52. The van der Waals surface area contributed by atoms with Crippen LogP contribution >= 0.6 is 11.6 Å².